The van der Waals surface area contributed by atoms with Gasteiger partial charge in [0.2, 0.25) is 5.91 Å². The molecular weight excluding hydrogens is 236 g/mol. The maximum Gasteiger partial charge on any atom is 0.227 e. The Hall–Kier alpha value is -1.51. The Labute approximate surface area is 116 Å². The molecule has 3 heteroatoms. The van der Waals surface area contributed by atoms with E-state index < -0.39 is 0 Å². The van der Waals surface area contributed by atoms with Gasteiger partial charge in [0.25, 0.3) is 0 Å². The smallest absolute Gasteiger partial charge is 0.227 e. The van der Waals surface area contributed by atoms with Crippen molar-refractivity contribution in [3.63, 3.8) is 0 Å². The number of anilines is 2. The lowest BCUT2D eigenvalue weighted by atomic mass is 10.0. The van der Waals surface area contributed by atoms with E-state index in [0.717, 1.165) is 30.8 Å². The van der Waals surface area contributed by atoms with E-state index in [1.807, 2.05) is 17.0 Å². The second kappa shape index (κ2) is 6.09. The van der Waals surface area contributed by atoms with Crippen LogP contribution in [0.25, 0.3) is 0 Å². The van der Waals surface area contributed by atoms with Gasteiger partial charge in [0.05, 0.1) is 0 Å². The first-order chi connectivity index (χ1) is 9.11. The molecule has 1 saturated heterocycles. The average molecular weight is 260 g/mol. The molecule has 0 aromatic heterocycles. The molecule has 1 unspecified atom stereocenters. The highest BCUT2D eigenvalue weighted by Gasteiger charge is 2.21. The Bertz CT molecular complexity index is 425. The fourth-order valence-corrected chi connectivity index (χ4v) is 2.61. The van der Waals surface area contributed by atoms with Crippen molar-refractivity contribution >= 4 is 17.3 Å². The molecule has 1 fully saturated rings. The molecule has 1 aromatic rings. The van der Waals surface area contributed by atoms with Gasteiger partial charge in [-0.25, -0.2) is 0 Å². The van der Waals surface area contributed by atoms with Crippen molar-refractivity contribution in [2.45, 2.75) is 46.1 Å². The van der Waals surface area contributed by atoms with Crippen molar-refractivity contribution < 1.29 is 4.79 Å². The van der Waals surface area contributed by atoms with Gasteiger partial charge in [-0.1, -0.05) is 20.8 Å². The molecule has 0 radical (unpaired) electrons. The summed E-state index contributed by atoms with van der Waals surface area (Å²) in [5.74, 6) is 0.860. The van der Waals surface area contributed by atoms with Gasteiger partial charge in [-0.2, -0.15) is 0 Å². The summed E-state index contributed by atoms with van der Waals surface area (Å²) in [5, 5.41) is 3.55. The molecule has 0 bridgehead atoms. The van der Waals surface area contributed by atoms with E-state index in [1.165, 1.54) is 0 Å². The third-order valence-electron chi connectivity index (χ3n) is 3.85. The maximum atomic E-state index is 11.7. The molecule has 1 amide bonds. The molecule has 1 N–H and O–H groups in total. The summed E-state index contributed by atoms with van der Waals surface area (Å²) < 4.78 is 0. The van der Waals surface area contributed by atoms with E-state index in [2.05, 4.69) is 38.2 Å². The fraction of sp³-hybridized carbons (Fsp3) is 0.562. The minimum absolute atomic E-state index is 0.245. The number of nitrogens with one attached hydrogen (secondary N) is 1. The van der Waals surface area contributed by atoms with Crippen LogP contribution in [0.15, 0.2) is 24.3 Å². The summed E-state index contributed by atoms with van der Waals surface area (Å²) in [4.78, 5) is 13.6. The van der Waals surface area contributed by atoms with Gasteiger partial charge in [-0.15, -0.1) is 0 Å². The minimum atomic E-state index is 0.245. The number of carbonyl (C=O) groups is 1. The number of nitrogens with zero attached hydrogens (tertiary/aromatic N) is 1. The molecule has 0 saturated carbocycles. The third-order valence-corrected chi connectivity index (χ3v) is 3.85. The van der Waals surface area contributed by atoms with Crippen LogP contribution < -0.4 is 10.2 Å². The number of rotatable bonds is 5. The quantitative estimate of drug-likeness (QED) is 0.876. The van der Waals surface area contributed by atoms with Crippen LogP contribution in [0, 0.1) is 5.92 Å². The number of benzene rings is 1. The summed E-state index contributed by atoms with van der Waals surface area (Å²) >= 11 is 0. The molecular formula is C16H24N2O. The van der Waals surface area contributed by atoms with Gasteiger partial charge in [0.1, 0.15) is 0 Å². The van der Waals surface area contributed by atoms with E-state index in [-0.39, 0.29) is 5.91 Å². The highest BCUT2D eigenvalue weighted by atomic mass is 16.2. The first-order valence-electron chi connectivity index (χ1n) is 7.28. The Balaban J connectivity index is 2.04. The van der Waals surface area contributed by atoms with E-state index in [9.17, 15) is 4.79 Å². The number of carbonyl (C=O) groups excluding carboxylic acids is 1. The van der Waals surface area contributed by atoms with E-state index in [4.69, 9.17) is 0 Å². The van der Waals surface area contributed by atoms with Gasteiger partial charge >= 0.3 is 0 Å². The zero-order chi connectivity index (χ0) is 13.8. The van der Waals surface area contributed by atoms with E-state index in [0.29, 0.717) is 18.4 Å². The van der Waals surface area contributed by atoms with E-state index >= 15 is 0 Å². The summed E-state index contributed by atoms with van der Waals surface area (Å²) in [5.41, 5.74) is 2.15. The van der Waals surface area contributed by atoms with Crippen LogP contribution in [-0.4, -0.2) is 18.5 Å². The predicted octanol–water partition coefficient (Wildman–Crippen LogP) is 3.66. The van der Waals surface area contributed by atoms with Crippen molar-refractivity contribution in [1.29, 1.82) is 0 Å². The molecule has 1 atom stereocenters. The van der Waals surface area contributed by atoms with Gasteiger partial charge < -0.3 is 10.2 Å². The molecule has 2 rings (SSSR count). The van der Waals surface area contributed by atoms with Crippen LogP contribution in [0.5, 0.6) is 0 Å². The van der Waals surface area contributed by atoms with Crippen LogP contribution in [0.4, 0.5) is 11.4 Å². The molecule has 0 spiro atoms. The number of hydrogen-bond donors (Lipinski definition) is 1. The number of hydrogen-bond acceptors (Lipinski definition) is 2. The van der Waals surface area contributed by atoms with Gasteiger partial charge in [0, 0.05) is 30.4 Å². The highest BCUT2D eigenvalue weighted by molar-refractivity contribution is 5.95. The zero-order valence-electron chi connectivity index (χ0n) is 12.1. The summed E-state index contributed by atoms with van der Waals surface area (Å²) in [6, 6.07) is 8.73. The van der Waals surface area contributed by atoms with Crippen LogP contribution in [0.3, 0.4) is 0 Å². The normalized spacial score (nSPS) is 17.1. The predicted molar refractivity (Wildman–Crippen MR) is 80.6 cm³/mol. The molecule has 3 nitrogen and oxygen atoms in total. The van der Waals surface area contributed by atoms with Crippen molar-refractivity contribution in [2.24, 2.45) is 5.92 Å². The van der Waals surface area contributed by atoms with Gasteiger partial charge in [0.15, 0.2) is 0 Å². The van der Waals surface area contributed by atoms with Gasteiger partial charge in [-0.05, 0) is 43.0 Å². The standard InChI is InChI=1S/C16H24N2O/c1-4-15(12(2)3)17-13-7-9-14(10-8-13)18-11-5-6-16(18)19/h7-10,12,15,17H,4-6,11H2,1-3H3. The van der Waals surface area contributed by atoms with Crippen molar-refractivity contribution in [2.75, 3.05) is 16.8 Å². The van der Waals surface area contributed by atoms with Crippen LogP contribution in [0.1, 0.15) is 40.0 Å². The summed E-state index contributed by atoms with van der Waals surface area (Å²) in [6.07, 6.45) is 2.78. The molecule has 1 aromatic carbocycles. The molecule has 19 heavy (non-hydrogen) atoms. The van der Waals surface area contributed by atoms with Crippen molar-refractivity contribution in [1.82, 2.24) is 0 Å². The summed E-state index contributed by atoms with van der Waals surface area (Å²) in [7, 11) is 0. The minimum Gasteiger partial charge on any atom is -0.382 e. The topological polar surface area (TPSA) is 32.3 Å². The number of amides is 1. The van der Waals surface area contributed by atoms with Crippen LogP contribution in [0.2, 0.25) is 0 Å². The van der Waals surface area contributed by atoms with Crippen LogP contribution >= 0.6 is 0 Å². The first kappa shape index (κ1) is 13.9. The highest BCUT2D eigenvalue weighted by Crippen LogP contribution is 2.24. The second-order valence-corrected chi connectivity index (χ2v) is 5.60. The first-order valence-corrected chi connectivity index (χ1v) is 7.28. The Morgan fingerprint density at radius 2 is 1.95 bits per heavy atom. The third kappa shape index (κ3) is 3.28. The second-order valence-electron chi connectivity index (χ2n) is 5.60. The Kier molecular flexibility index (Phi) is 4.46. The monoisotopic (exact) mass is 260 g/mol. The lowest BCUT2D eigenvalue weighted by molar-refractivity contribution is -0.117. The molecule has 1 aliphatic rings. The zero-order valence-corrected chi connectivity index (χ0v) is 12.1. The van der Waals surface area contributed by atoms with Crippen molar-refractivity contribution in [3.8, 4) is 0 Å². The van der Waals surface area contributed by atoms with Gasteiger partial charge in [-0.3, -0.25) is 4.79 Å². The molecule has 1 heterocycles. The Morgan fingerprint density at radius 1 is 1.26 bits per heavy atom. The maximum absolute atomic E-state index is 11.7. The van der Waals surface area contributed by atoms with E-state index in [1.54, 1.807) is 0 Å². The fourth-order valence-electron chi connectivity index (χ4n) is 2.61. The molecule has 0 aliphatic carbocycles. The lowest BCUT2D eigenvalue weighted by Gasteiger charge is -2.22. The summed E-state index contributed by atoms with van der Waals surface area (Å²) in [6.45, 7) is 7.53. The SMILES string of the molecule is CCC(Nc1ccc(N2CCCC2=O)cc1)C(C)C. The average Bonchev–Trinajstić information content (AvgIpc) is 2.82. The largest absolute Gasteiger partial charge is 0.382 e. The molecule has 104 valence electrons. The lowest BCUT2D eigenvalue weighted by Crippen LogP contribution is -2.25. The van der Waals surface area contributed by atoms with Crippen LogP contribution in [-0.2, 0) is 4.79 Å². The van der Waals surface area contributed by atoms with Crippen molar-refractivity contribution in [3.05, 3.63) is 24.3 Å². The molecule has 1 aliphatic heterocycles. The Morgan fingerprint density at radius 3 is 2.42 bits per heavy atom.